The van der Waals surface area contributed by atoms with Crippen molar-refractivity contribution in [1.29, 1.82) is 0 Å². The van der Waals surface area contributed by atoms with Crippen LogP contribution in [-0.2, 0) is 16.8 Å². The summed E-state index contributed by atoms with van der Waals surface area (Å²) in [6.07, 6.45) is 0. The summed E-state index contributed by atoms with van der Waals surface area (Å²) in [4.78, 5) is 7.16. The second-order valence-electron chi connectivity index (χ2n) is 5.85. The SMILES string of the molecule is NC1=NS(=O)(=O)N(Cc2ccc(Cl)cc2)c2nc(-c3ccccc3F)[nH]c21. The molecule has 1 aromatic heterocycles. The zero-order chi connectivity index (χ0) is 19.2. The van der Waals surface area contributed by atoms with E-state index in [1.807, 2.05) is 0 Å². The quantitative estimate of drug-likeness (QED) is 0.699. The van der Waals surface area contributed by atoms with Gasteiger partial charge in [-0.3, -0.25) is 0 Å². The summed E-state index contributed by atoms with van der Waals surface area (Å²) in [6.45, 7) is -0.0230. The van der Waals surface area contributed by atoms with Crippen LogP contribution in [0.2, 0.25) is 5.02 Å². The minimum absolute atomic E-state index is 0.0230. The fourth-order valence-electron chi connectivity index (χ4n) is 2.74. The van der Waals surface area contributed by atoms with Crippen molar-refractivity contribution in [2.75, 3.05) is 4.31 Å². The molecule has 1 aliphatic heterocycles. The molecule has 138 valence electrons. The van der Waals surface area contributed by atoms with Crippen molar-refractivity contribution in [3.63, 3.8) is 0 Å². The fourth-order valence-corrected chi connectivity index (χ4v) is 3.97. The lowest BCUT2D eigenvalue weighted by Gasteiger charge is -2.24. The van der Waals surface area contributed by atoms with E-state index in [0.29, 0.717) is 10.6 Å². The number of H-pyrrole nitrogens is 1. The first-order valence-electron chi connectivity index (χ1n) is 7.83. The number of rotatable bonds is 3. The zero-order valence-electron chi connectivity index (χ0n) is 13.7. The average Bonchev–Trinajstić information content (AvgIpc) is 3.05. The minimum atomic E-state index is -4.09. The van der Waals surface area contributed by atoms with Gasteiger partial charge in [0.1, 0.15) is 17.3 Å². The topological polar surface area (TPSA) is 104 Å². The molecule has 0 saturated carbocycles. The molecular formula is C17H13ClFN5O2S. The van der Waals surface area contributed by atoms with E-state index in [4.69, 9.17) is 17.3 Å². The van der Waals surface area contributed by atoms with Gasteiger partial charge in [-0.15, -0.1) is 4.40 Å². The van der Waals surface area contributed by atoms with Gasteiger partial charge in [0, 0.05) is 5.02 Å². The van der Waals surface area contributed by atoms with Crippen molar-refractivity contribution in [2.45, 2.75) is 6.54 Å². The highest BCUT2D eigenvalue weighted by atomic mass is 35.5. The van der Waals surface area contributed by atoms with Gasteiger partial charge in [0.25, 0.3) is 0 Å². The predicted molar refractivity (Wildman–Crippen MR) is 101 cm³/mol. The standard InChI is InChI=1S/C17H13ClFN5O2S/c18-11-7-5-10(6-8-11)9-24-17-14(15(20)23-27(24,25)26)21-16(22-17)12-3-1-2-4-13(12)19/h1-8H,9H2,(H2,20,23)(H,21,22). The van der Waals surface area contributed by atoms with Crippen LogP contribution in [-0.4, -0.2) is 24.2 Å². The van der Waals surface area contributed by atoms with Gasteiger partial charge < -0.3 is 10.7 Å². The summed E-state index contributed by atoms with van der Waals surface area (Å²) in [5.74, 6) is -0.496. The molecular weight excluding hydrogens is 393 g/mol. The first kappa shape index (κ1) is 17.5. The smallest absolute Gasteiger partial charge is 0.348 e. The third kappa shape index (κ3) is 3.15. The number of amidine groups is 1. The van der Waals surface area contributed by atoms with Gasteiger partial charge in [0.2, 0.25) is 0 Å². The second-order valence-corrected chi connectivity index (χ2v) is 7.81. The normalized spacial score (nSPS) is 15.3. The summed E-state index contributed by atoms with van der Waals surface area (Å²) in [6, 6.07) is 12.7. The van der Waals surface area contributed by atoms with Gasteiger partial charge in [0.15, 0.2) is 11.7 Å². The Bertz CT molecular complexity index is 1160. The van der Waals surface area contributed by atoms with Gasteiger partial charge in [-0.05, 0) is 29.8 Å². The van der Waals surface area contributed by atoms with Crippen molar-refractivity contribution >= 4 is 33.5 Å². The van der Waals surface area contributed by atoms with Gasteiger partial charge >= 0.3 is 10.2 Å². The van der Waals surface area contributed by atoms with Crippen molar-refractivity contribution in [3.05, 3.63) is 70.6 Å². The first-order valence-corrected chi connectivity index (χ1v) is 9.60. The van der Waals surface area contributed by atoms with Crippen LogP contribution in [0.5, 0.6) is 0 Å². The number of nitrogens with zero attached hydrogens (tertiary/aromatic N) is 3. The molecule has 0 spiro atoms. The van der Waals surface area contributed by atoms with E-state index in [-0.39, 0.29) is 35.3 Å². The Hall–Kier alpha value is -2.91. The number of nitrogens with one attached hydrogen (secondary N) is 1. The molecule has 0 atom stereocenters. The predicted octanol–water partition coefficient (Wildman–Crippen LogP) is 2.84. The number of aromatic nitrogens is 2. The number of anilines is 1. The average molecular weight is 406 g/mol. The van der Waals surface area contributed by atoms with Crippen LogP contribution in [0, 0.1) is 5.82 Å². The number of benzene rings is 2. The van der Waals surface area contributed by atoms with Crippen LogP contribution in [0.1, 0.15) is 11.3 Å². The van der Waals surface area contributed by atoms with E-state index in [0.717, 1.165) is 4.31 Å². The summed E-state index contributed by atoms with van der Waals surface area (Å²) in [7, 11) is -4.09. The van der Waals surface area contributed by atoms with E-state index >= 15 is 0 Å². The minimum Gasteiger partial charge on any atom is -0.381 e. The van der Waals surface area contributed by atoms with Crippen LogP contribution in [0.4, 0.5) is 10.2 Å². The van der Waals surface area contributed by atoms with Gasteiger partial charge in [-0.2, -0.15) is 8.42 Å². The summed E-state index contributed by atoms with van der Waals surface area (Å²) in [5, 5.41) is 0.532. The Kier molecular flexibility index (Phi) is 4.12. The van der Waals surface area contributed by atoms with E-state index in [9.17, 15) is 12.8 Å². The van der Waals surface area contributed by atoms with E-state index in [2.05, 4.69) is 14.4 Å². The maximum absolute atomic E-state index is 14.1. The summed E-state index contributed by atoms with van der Waals surface area (Å²) >= 11 is 5.87. The first-order chi connectivity index (χ1) is 12.8. The lowest BCUT2D eigenvalue weighted by molar-refractivity contribution is 0.591. The van der Waals surface area contributed by atoms with Crippen molar-refractivity contribution in [1.82, 2.24) is 9.97 Å². The molecule has 0 aliphatic carbocycles. The second kappa shape index (κ2) is 6.36. The Morgan fingerprint density at radius 3 is 2.56 bits per heavy atom. The molecule has 0 radical (unpaired) electrons. The molecule has 27 heavy (non-hydrogen) atoms. The molecule has 4 rings (SSSR count). The molecule has 3 N–H and O–H groups in total. The highest BCUT2D eigenvalue weighted by Gasteiger charge is 2.34. The van der Waals surface area contributed by atoms with Crippen LogP contribution in [0.15, 0.2) is 52.9 Å². The number of imidazole rings is 1. The molecule has 0 fully saturated rings. The van der Waals surface area contributed by atoms with E-state index in [1.165, 1.54) is 12.1 Å². The Labute approximate surface area is 159 Å². The van der Waals surface area contributed by atoms with Gasteiger partial charge in [-0.1, -0.05) is 35.9 Å². The van der Waals surface area contributed by atoms with Crippen molar-refractivity contribution in [2.24, 2.45) is 10.1 Å². The van der Waals surface area contributed by atoms with Crippen LogP contribution in [0.3, 0.4) is 0 Å². The van der Waals surface area contributed by atoms with E-state index in [1.54, 1.807) is 36.4 Å². The molecule has 1 aliphatic rings. The fraction of sp³-hybridized carbons (Fsp3) is 0.0588. The van der Waals surface area contributed by atoms with Crippen LogP contribution >= 0.6 is 11.6 Å². The van der Waals surface area contributed by atoms with Crippen LogP contribution in [0.25, 0.3) is 11.4 Å². The Balaban J connectivity index is 1.82. The molecule has 0 amide bonds. The Morgan fingerprint density at radius 2 is 1.85 bits per heavy atom. The number of hydrogen-bond acceptors (Lipinski definition) is 4. The molecule has 2 aromatic carbocycles. The largest absolute Gasteiger partial charge is 0.381 e. The monoisotopic (exact) mass is 405 g/mol. The molecule has 7 nitrogen and oxygen atoms in total. The Morgan fingerprint density at radius 1 is 1.15 bits per heavy atom. The number of halogens is 2. The van der Waals surface area contributed by atoms with Crippen molar-refractivity contribution in [3.8, 4) is 11.4 Å². The maximum atomic E-state index is 14.1. The molecule has 0 bridgehead atoms. The maximum Gasteiger partial charge on any atom is 0.348 e. The third-order valence-corrected chi connectivity index (χ3v) is 5.58. The number of hydrogen-bond donors (Lipinski definition) is 2. The molecule has 2 heterocycles. The third-order valence-electron chi connectivity index (χ3n) is 4.04. The van der Waals surface area contributed by atoms with Gasteiger partial charge in [0.05, 0.1) is 12.1 Å². The number of nitrogens with two attached hydrogens (primary N) is 1. The highest BCUT2D eigenvalue weighted by Crippen LogP contribution is 2.32. The van der Waals surface area contributed by atoms with Crippen LogP contribution < -0.4 is 10.0 Å². The summed E-state index contributed by atoms with van der Waals surface area (Å²) < 4.78 is 43.8. The molecule has 3 aromatic rings. The molecule has 10 heteroatoms. The molecule has 0 saturated heterocycles. The van der Waals surface area contributed by atoms with Crippen molar-refractivity contribution < 1.29 is 12.8 Å². The molecule has 0 unspecified atom stereocenters. The zero-order valence-corrected chi connectivity index (χ0v) is 15.3. The number of fused-ring (bicyclic) bond motifs is 1. The summed E-state index contributed by atoms with van der Waals surface area (Å²) in [5.41, 5.74) is 6.89. The lowest BCUT2D eigenvalue weighted by atomic mass is 10.2. The lowest BCUT2D eigenvalue weighted by Crippen LogP contribution is -2.36. The van der Waals surface area contributed by atoms with Gasteiger partial charge in [-0.25, -0.2) is 13.7 Å². The van der Waals surface area contributed by atoms with E-state index < -0.39 is 16.0 Å². The highest BCUT2D eigenvalue weighted by molar-refractivity contribution is 7.91. The number of aromatic amines is 1.